The van der Waals surface area contributed by atoms with Crippen molar-refractivity contribution in [3.05, 3.63) is 59.5 Å². The Kier molecular flexibility index (Phi) is 6.09. The number of aromatic nitrogens is 1. The minimum Gasteiger partial charge on any atom is -0.464 e. The third-order valence-corrected chi connectivity index (χ3v) is 8.35. The Hall–Kier alpha value is -2.88. The summed E-state index contributed by atoms with van der Waals surface area (Å²) in [4.78, 5) is 35.7. The molecule has 1 atom stereocenters. The Labute approximate surface area is 200 Å². The Bertz CT molecular complexity index is 1180. The summed E-state index contributed by atoms with van der Waals surface area (Å²) >= 11 is 2.60. The first-order valence-corrected chi connectivity index (χ1v) is 12.4. The molecule has 2 aliphatic heterocycles. The number of hydrogen-bond donors (Lipinski definition) is 1. The van der Waals surface area contributed by atoms with Gasteiger partial charge < -0.3 is 19.7 Å². The molecule has 1 amide bonds. The third-order valence-electron chi connectivity index (χ3n) is 5.55. The van der Waals surface area contributed by atoms with E-state index in [1.54, 1.807) is 6.92 Å². The highest BCUT2D eigenvalue weighted by Gasteiger charge is 2.56. The number of nitrogens with zero attached hydrogens (tertiary/aromatic N) is 2. The van der Waals surface area contributed by atoms with E-state index in [4.69, 9.17) is 14.5 Å². The van der Waals surface area contributed by atoms with Gasteiger partial charge in [0.05, 0.1) is 36.1 Å². The maximum atomic E-state index is 13.7. The molecule has 3 heterocycles. The van der Waals surface area contributed by atoms with Crippen LogP contribution in [0.4, 0.5) is 10.8 Å². The van der Waals surface area contributed by atoms with Crippen LogP contribution in [0.25, 0.3) is 11.3 Å². The molecule has 1 N–H and O–H groups in total. The van der Waals surface area contributed by atoms with Gasteiger partial charge in [0.15, 0.2) is 5.13 Å². The van der Waals surface area contributed by atoms with E-state index in [1.807, 2.05) is 54.6 Å². The van der Waals surface area contributed by atoms with Crippen molar-refractivity contribution >= 4 is 45.8 Å². The highest BCUT2D eigenvalue weighted by Crippen LogP contribution is 2.54. The van der Waals surface area contributed by atoms with Gasteiger partial charge in [-0.15, -0.1) is 0 Å². The standard InChI is InChI=1S/C24H23N3O4S2/c1-2-31-22(29)24(21(28)25-17-10-6-7-11-18(17)33-24)20-19(16-8-4-3-5-9-16)26-23(32-20)27-12-14-30-15-13-27/h3-11H,2,12-15H2,1H3,(H,25,28)/t24-/m0/s1. The molecule has 170 valence electrons. The van der Waals surface area contributed by atoms with Crippen LogP contribution in [0.2, 0.25) is 0 Å². The number of hydrogen-bond acceptors (Lipinski definition) is 8. The van der Waals surface area contributed by atoms with E-state index in [-0.39, 0.29) is 6.61 Å². The second kappa shape index (κ2) is 9.17. The number of anilines is 2. The molecule has 0 radical (unpaired) electrons. The highest BCUT2D eigenvalue weighted by molar-refractivity contribution is 8.02. The summed E-state index contributed by atoms with van der Waals surface area (Å²) in [6.45, 7) is 4.55. The second-order valence-electron chi connectivity index (χ2n) is 7.59. The van der Waals surface area contributed by atoms with Crippen molar-refractivity contribution in [3.8, 4) is 11.3 Å². The van der Waals surface area contributed by atoms with Crippen molar-refractivity contribution < 1.29 is 19.1 Å². The number of morpholine rings is 1. The number of nitrogens with one attached hydrogen (secondary N) is 1. The van der Waals surface area contributed by atoms with E-state index in [1.165, 1.54) is 23.1 Å². The lowest BCUT2D eigenvalue weighted by atomic mass is 9.99. The van der Waals surface area contributed by atoms with E-state index in [2.05, 4.69) is 10.2 Å². The number of fused-ring (bicyclic) bond motifs is 1. The first-order valence-electron chi connectivity index (χ1n) is 10.8. The number of ether oxygens (including phenoxy) is 2. The molecule has 2 aliphatic rings. The lowest BCUT2D eigenvalue weighted by Crippen LogP contribution is -2.47. The van der Waals surface area contributed by atoms with E-state index < -0.39 is 16.6 Å². The fourth-order valence-electron chi connectivity index (χ4n) is 3.92. The molecule has 0 aliphatic carbocycles. The van der Waals surface area contributed by atoms with Crippen molar-refractivity contribution in [1.29, 1.82) is 0 Å². The molecule has 0 spiro atoms. The Morgan fingerprint density at radius 3 is 2.64 bits per heavy atom. The topological polar surface area (TPSA) is 80.8 Å². The zero-order valence-electron chi connectivity index (χ0n) is 18.1. The van der Waals surface area contributed by atoms with Gasteiger partial charge in [-0.25, -0.2) is 9.78 Å². The van der Waals surface area contributed by atoms with E-state index in [0.29, 0.717) is 42.6 Å². The average Bonchev–Trinajstić information content (AvgIpc) is 3.31. The molecule has 1 aromatic heterocycles. The third kappa shape index (κ3) is 3.90. The van der Waals surface area contributed by atoms with Gasteiger partial charge in [0, 0.05) is 23.5 Å². The molecule has 0 bridgehead atoms. The van der Waals surface area contributed by atoms with Crippen LogP contribution in [0.3, 0.4) is 0 Å². The number of benzene rings is 2. The molecule has 7 nitrogen and oxygen atoms in total. The Morgan fingerprint density at radius 2 is 1.88 bits per heavy atom. The number of amides is 1. The normalized spacial score (nSPS) is 20.2. The predicted molar refractivity (Wildman–Crippen MR) is 130 cm³/mol. The SMILES string of the molecule is CCOC(=O)[C@@]1(c2sc(N3CCOCC3)nc2-c2ccccc2)Sc2ccccc2NC1=O. The summed E-state index contributed by atoms with van der Waals surface area (Å²) < 4.78 is 9.39. The maximum Gasteiger partial charge on any atom is 0.337 e. The number of carbonyl (C=O) groups is 2. The van der Waals surface area contributed by atoms with Gasteiger partial charge in [-0.3, -0.25) is 4.79 Å². The molecule has 2 aromatic carbocycles. The van der Waals surface area contributed by atoms with E-state index >= 15 is 0 Å². The fourth-order valence-corrected chi connectivity index (χ4v) is 6.56. The molecule has 1 fully saturated rings. The fraction of sp³-hybridized carbons (Fsp3) is 0.292. The number of thiazole rings is 1. The van der Waals surface area contributed by atoms with Crippen LogP contribution in [0.15, 0.2) is 59.5 Å². The minimum absolute atomic E-state index is 0.172. The number of carbonyl (C=O) groups excluding carboxylic acids is 2. The first-order chi connectivity index (χ1) is 16.1. The van der Waals surface area contributed by atoms with Crippen LogP contribution in [-0.4, -0.2) is 49.8 Å². The first kappa shape index (κ1) is 21.9. The van der Waals surface area contributed by atoms with Crippen LogP contribution in [0, 0.1) is 0 Å². The molecular weight excluding hydrogens is 458 g/mol. The molecule has 1 saturated heterocycles. The molecule has 9 heteroatoms. The van der Waals surface area contributed by atoms with Gasteiger partial charge in [0.1, 0.15) is 0 Å². The number of thioether (sulfide) groups is 1. The zero-order valence-corrected chi connectivity index (χ0v) is 19.7. The maximum absolute atomic E-state index is 13.7. The molecule has 3 aromatic rings. The molecular formula is C24H23N3O4S2. The van der Waals surface area contributed by atoms with Gasteiger partial charge in [-0.1, -0.05) is 65.6 Å². The van der Waals surface area contributed by atoms with E-state index in [9.17, 15) is 9.59 Å². The zero-order chi connectivity index (χ0) is 22.8. The number of rotatable bonds is 5. The van der Waals surface area contributed by atoms with Gasteiger partial charge in [-0.2, -0.15) is 0 Å². The van der Waals surface area contributed by atoms with Crippen molar-refractivity contribution in [2.24, 2.45) is 0 Å². The van der Waals surface area contributed by atoms with Gasteiger partial charge >= 0.3 is 5.97 Å². The van der Waals surface area contributed by atoms with Crippen LogP contribution in [0.5, 0.6) is 0 Å². The lowest BCUT2D eigenvalue weighted by molar-refractivity contribution is -0.149. The van der Waals surface area contributed by atoms with Crippen LogP contribution in [-0.2, 0) is 23.8 Å². The van der Waals surface area contributed by atoms with Gasteiger partial charge in [0.25, 0.3) is 5.91 Å². The van der Waals surface area contributed by atoms with Crippen molar-refractivity contribution in [2.75, 3.05) is 43.1 Å². The summed E-state index contributed by atoms with van der Waals surface area (Å²) in [5.74, 6) is -1.00. The summed E-state index contributed by atoms with van der Waals surface area (Å²) in [6, 6.07) is 17.1. The lowest BCUT2D eigenvalue weighted by Gasteiger charge is -2.33. The van der Waals surface area contributed by atoms with Gasteiger partial charge in [0.2, 0.25) is 4.75 Å². The predicted octanol–water partition coefficient (Wildman–Crippen LogP) is 4.15. The smallest absolute Gasteiger partial charge is 0.337 e. The van der Waals surface area contributed by atoms with Crippen molar-refractivity contribution in [2.45, 2.75) is 16.6 Å². The number of esters is 1. The minimum atomic E-state index is -1.60. The molecule has 0 unspecified atom stereocenters. The number of para-hydroxylation sites is 1. The van der Waals surface area contributed by atoms with Crippen LogP contribution in [0.1, 0.15) is 11.8 Å². The Morgan fingerprint density at radius 1 is 1.15 bits per heavy atom. The summed E-state index contributed by atoms with van der Waals surface area (Å²) in [7, 11) is 0. The Balaban J connectivity index is 1.71. The van der Waals surface area contributed by atoms with E-state index in [0.717, 1.165) is 15.6 Å². The van der Waals surface area contributed by atoms with Gasteiger partial charge in [-0.05, 0) is 19.1 Å². The summed E-state index contributed by atoms with van der Waals surface area (Å²) in [5, 5.41) is 3.71. The van der Waals surface area contributed by atoms with Crippen LogP contribution >= 0.6 is 23.1 Å². The average molecular weight is 482 g/mol. The highest BCUT2D eigenvalue weighted by atomic mass is 32.2. The van der Waals surface area contributed by atoms with Crippen molar-refractivity contribution in [3.63, 3.8) is 0 Å². The molecule has 33 heavy (non-hydrogen) atoms. The largest absolute Gasteiger partial charge is 0.464 e. The van der Waals surface area contributed by atoms with Crippen molar-refractivity contribution in [1.82, 2.24) is 4.98 Å². The second-order valence-corrected chi connectivity index (χ2v) is 9.83. The monoisotopic (exact) mass is 481 g/mol. The molecule has 0 saturated carbocycles. The van der Waals surface area contributed by atoms with Crippen LogP contribution < -0.4 is 10.2 Å². The summed E-state index contributed by atoms with van der Waals surface area (Å²) in [6.07, 6.45) is 0. The molecule has 5 rings (SSSR count). The quantitative estimate of drug-likeness (QED) is 0.433. The summed E-state index contributed by atoms with van der Waals surface area (Å²) in [5.41, 5.74) is 2.16.